The third kappa shape index (κ3) is 1.80. The molecule has 0 spiro atoms. The fourth-order valence-corrected chi connectivity index (χ4v) is 1.45. The lowest BCUT2D eigenvalue weighted by Gasteiger charge is -2.00. The van der Waals surface area contributed by atoms with Gasteiger partial charge in [0, 0.05) is 6.54 Å². The second-order valence-corrected chi connectivity index (χ2v) is 3.85. The normalized spacial score (nSPS) is 11.8. The zero-order valence-corrected chi connectivity index (χ0v) is 7.45. The summed E-state index contributed by atoms with van der Waals surface area (Å²) in [4.78, 5) is 0. The van der Waals surface area contributed by atoms with Gasteiger partial charge in [-0.3, -0.25) is 0 Å². The Hall–Kier alpha value is -0.950. The molecule has 0 unspecified atom stereocenters. The molecule has 12 heavy (non-hydrogen) atoms. The van der Waals surface area contributed by atoms with Gasteiger partial charge in [0.25, 0.3) is 10.0 Å². The number of sulfonamides is 1. The lowest BCUT2D eigenvalue weighted by Crippen LogP contribution is -2.17. The molecule has 0 aliphatic rings. The number of hydrogen-bond acceptors (Lipinski definition) is 4. The van der Waals surface area contributed by atoms with Crippen molar-refractivity contribution in [2.24, 2.45) is 5.14 Å². The molecule has 0 amide bonds. The number of hydrogen-bond donors (Lipinski definition) is 1. The van der Waals surface area contributed by atoms with Crippen LogP contribution in [0.15, 0.2) is 11.2 Å². The van der Waals surface area contributed by atoms with Crippen molar-refractivity contribution >= 4 is 10.0 Å². The van der Waals surface area contributed by atoms with E-state index < -0.39 is 10.0 Å². The average molecular weight is 190 g/mol. The molecule has 0 atom stereocenters. The van der Waals surface area contributed by atoms with E-state index in [4.69, 9.17) is 5.14 Å². The van der Waals surface area contributed by atoms with Gasteiger partial charge in [-0.1, -0.05) is 12.1 Å². The maximum Gasteiger partial charge on any atom is 0.256 e. The van der Waals surface area contributed by atoms with E-state index in [9.17, 15) is 8.42 Å². The topological polar surface area (TPSA) is 90.9 Å². The fraction of sp³-hybridized carbons (Fsp3) is 0.600. The fourth-order valence-electron chi connectivity index (χ4n) is 0.835. The third-order valence-electron chi connectivity index (χ3n) is 1.31. The third-order valence-corrected chi connectivity index (χ3v) is 2.21. The molecule has 1 rings (SSSR count). The number of primary sulfonamides is 1. The minimum absolute atomic E-state index is 0.0376. The molecule has 0 saturated heterocycles. The quantitative estimate of drug-likeness (QED) is 0.684. The number of rotatable bonds is 3. The highest BCUT2D eigenvalue weighted by Gasteiger charge is 2.14. The van der Waals surface area contributed by atoms with E-state index in [-0.39, 0.29) is 5.03 Å². The second-order valence-electron chi connectivity index (χ2n) is 2.34. The van der Waals surface area contributed by atoms with Crippen molar-refractivity contribution in [2.75, 3.05) is 0 Å². The molecule has 0 radical (unpaired) electrons. The van der Waals surface area contributed by atoms with Gasteiger partial charge in [0.2, 0.25) is 0 Å². The molecular formula is C5H10N4O2S. The maximum absolute atomic E-state index is 10.9. The maximum atomic E-state index is 10.9. The van der Waals surface area contributed by atoms with Gasteiger partial charge < -0.3 is 0 Å². The van der Waals surface area contributed by atoms with Gasteiger partial charge in [0.1, 0.15) is 0 Å². The molecule has 0 aromatic carbocycles. The first kappa shape index (κ1) is 9.14. The van der Waals surface area contributed by atoms with Crippen molar-refractivity contribution < 1.29 is 8.42 Å². The largest absolute Gasteiger partial charge is 0.256 e. The van der Waals surface area contributed by atoms with Crippen LogP contribution in [0.5, 0.6) is 0 Å². The highest BCUT2D eigenvalue weighted by atomic mass is 32.2. The molecule has 0 aliphatic heterocycles. The highest BCUT2D eigenvalue weighted by molar-refractivity contribution is 7.89. The summed E-state index contributed by atoms with van der Waals surface area (Å²) in [5.41, 5.74) is 0. The van der Waals surface area contributed by atoms with Crippen LogP contribution in [0.2, 0.25) is 0 Å². The van der Waals surface area contributed by atoms with Crippen molar-refractivity contribution in [2.45, 2.75) is 24.9 Å². The summed E-state index contributed by atoms with van der Waals surface area (Å²) in [6, 6.07) is 0. The minimum atomic E-state index is -3.67. The van der Waals surface area contributed by atoms with E-state index in [0.717, 1.165) is 12.6 Å². The van der Waals surface area contributed by atoms with Crippen LogP contribution >= 0.6 is 0 Å². The first-order valence-corrected chi connectivity index (χ1v) is 5.01. The predicted molar refractivity (Wildman–Crippen MR) is 41.7 cm³/mol. The van der Waals surface area contributed by atoms with Gasteiger partial charge in [-0.15, -0.1) is 5.10 Å². The summed E-state index contributed by atoms with van der Waals surface area (Å²) in [5, 5.41) is 11.9. The molecule has 68 valence electrons. The molecule has 1 aromatic heterocycles. The van der Waals surface area contributed by atoms with E-state index in [0.29, 0.717) is 6.54 Å². The van der Waals surface area contributed by atoms with Crippen LogP contribution in [0.3, 0.4) is 0 Å². The Bertz CT molecular complexity index is 355. The summed E-state index contributed by atoms with van der Waals surface area (Å²) in [7, 11) is -3.67. The molecule has 0 bridgehead atoms. The molecule has 0 fully saturated rings. The van der Waals surface area contributed by atoms with Crippen molar-refractivity contribution in [3.05, 3.63) is 6.20 Å². The van der Waals surface area contributed by atoms with Gasteiger partial charge in [-0.05, 0) is 6.42 Å². The molecule has 1 heterocycles. The molecule has 1 aromatic rings. The molecule has 6 nitrogen and oxygen atoms in total. The Labute approximate surface area is 70.4 Å². The van der Waals surface area contributed by atoms with Crippen LogP contribution in [0.4, 0.5) is 0 Å². The Morgan fingerprint density at radius 3 is 2.83 bits per heavy atom. The van der Waals surface area contributed by atoms with E-state index in [1.807, 2.05) is 6.92 Å². The number of aromatic nitrogens is 3. The zero-order valence-electron chi connectivity index (χ0n) is 6.64. The number of nitrogens with two attached hydrogens (primary N) is 1. The summed E-state index contributed by atoms with van der Waals surface area (Å²) in [5.74, 6) is 0. The van der Waals surface area contributed by atoms with Crippen LogP contribution in [0.25, 0.3) is 0 Å². The SMILES string of the molecule is CCCn1nncc1S(N)(=O)=O. The summed E-state index contributed by atoms with van der Waals surface area (Å²) >= 11 is 0. The van der Waals surface area contributed by atoms with E-state index >= 15 is 0 Å². The van der Waals surface area contributed by atoms with Crippen LogP contribution < -0.4 is 5.14 Å². The van der Waals surface area contributed by atoms with Crippen LogP contribution in [-0.2, 0) is 16.6 Å². The average Bonchev–Trinajstić information content (AvgIpc) is 2.34. The standard InChI is InChI=1S/C5H10N4O2S/c1-2-3-9-5(4-7-8-9)12(6,10)11/h4H,2-3H2,1H3,(H2,6,10,11). The van der Waals surface area contributed by atoms with Crippen molar-refractivity contribution in [1.82, 2.24) is 15.0 Å². The van der Waals surface area contributed by atoms with Crippen LogP contribution in [0.1, 0.15) is 13.3 Å². The second kappa shape index (κ2) is 3.20. The van der Waals surface area contributed by atoms with Crippen LogP contribution in [0, 0.1) is 0 Å². The Balaban J connectivity index is 3.08. The minimum Gasteiger partial charge on any atom is -0.233 e. The number of aryl methyl sites for hydroxylation is 1. The van der Waals surface area contributed by atoms with Gasteiger partial charge in [0.05, 0.1) is 6.20 Å². The lowest BCUT2D eigenvalue weighted by molar-refractivity contribution is 0.520. The van der Waals surface area contributed by atoms with E-state index in [2.05, 4.69) is 10.3 Å². The predicted octanol–water partition coefficient (Wildman–Crippen LogP) is -0.664. The van der Waals surface area contributed by atoms with Crippen molar-refractivity contribution in [1.29, 1.82) is 0 Å². The monoisotopic (exact) mass is 190 g/mol. The molecular weight excluding hydrogens is 180 g/mol. The lowest BCUT2D eigenvalue weighted by atomic mass is 10.5. The Morgan fingerprint density at radius 2 is 2.33 bits per heavy atom. The smallest absolute Gasteiger partial charge is 0.233 e. The number of nitrogens with zero attached hydrogens (tertiary/aromatic N) is 3. The highest BCUT2D eigenvalue weighted by Crippen LogP contribution is 2.03. The summed E-state index contributed by atoms with van der Waals surface area (Å²) in [6.45, 7) is 2.42. The van der Waals surface area contributed by atoms with Gasteiger partial charge in [0.15, 0.2) is 5.03 Å². The van der Waals surface area contributed by atoms with Crippen LogP contribution in [-0.4, -0.2) is 23.4 Å². The van der Waals surface area contributed by atoms with Crippen molar-refractivity contribution in [3.8, 4) is 0 Å². The summed E-state index contributed by atoms with van der Waals surface area (Å²) in [6.07, 6.45) is 1.93. The van der Waals surface area contributed by atoms with Gasteiger partial charge in [-0.2, -0.15) is 0 Å². The Morgan fingerprint density at radius 1 is 1.67 bits per heavy atom. The molecule has 0 aliphatic carbocycles. The molecule has 0 saturated carbocycles. The van der Waals surface area contributed by atoms with E-state index in [1.165, 1.54) is 4.68 Å². The first-order valence-electron chi connectivity index (χ1n) is 3.47. The van der Waals surface area contributed by atoms with Gasteiger partial charge in [-0.25, -0.2) is 18.2 Å². The first-order chi connectivity index (χ1) is 5.55. The van der Waals surface area contributed by atoms with Gasteiger partial charge >= 0.3 is 0 Å². The molecule has 2 N–H and O–H groups in total. The summed E-state index contributed by atoms with van der Waals surface area (Å²) < 4.78 is 23.0. The zero-order chi connectivity index (χ0) is 9.19. The molecule has 7 heteroatoms. The van der Waals surface area contributed by atoms with E-state index in [1.54, 1.807) is 0 Å². The van der Waals surface area contributed by atoms with Crippen molar-refractivity contribution in [3.63, 3.8) is 0 Å². The Kier molecular flexibility index (Phi) is 2.43.